The molecule has 4 heteroatoms. The van der Waals surface area contributed by atoms with Gasteiger partial charge < -0.3 is 4.74 Å². The summed E-state index contributed by atoms with van der Waals surface area (Å²) in [6.07, 6.45) is 0. The Morgan fingerprint density at radius 2 is 2.25 bits per heavy atom. The average Bonchev–Trinajstić information content (AvgIpc) is 2.08. The summed E-state index contributed by atoms with van der Waals surface area (Å²) in [6, 6.07) is 2.73. The number of rotatable bonds is 1. The zero-order valence-corrected chi connectivity index (χ0v) is 7.85. The van der Waals surface area contributed by atoms with Crippen LogP contribution in [0.3, 0.4) is 0 Å². The second-order valence-electron chi connectivity index (χ2n) is 2.02. The van der Waals surface area contributed by atoms with Crippen molar-refractivity contribution in [1.82, 2.24) is 0 Å². The monoisotopic (exact) mass is 229 g/mol. The molecule has 1 rings (SSSR count). The number of nitrogens with zero attached hydrogens (tertiary/aromatic N) is 1. The maximum absolute atomic E-state index is 12.9. The molecule has 0 spiro atoms. The molecular formula is C8H5BrFNO. The normalized spacial score (nSPS) is 9.17. The van der Waals surface area contributed by atoms with Crippen molar-refractivity contribution in [2.24, 2.45) is 0 Å². The first-order valence-electron chi connectivity index (χ1n) is 3.10. The molecule has 2 nitrogen and oxygen atoms in total. The Labute approximate surface area is 77.9 Å². The van der Waals surface area contributed by atoms with Crippen molar-refractivity contribution in [3.05, 3.63) is 33.8 Å². The summed E-state index contributed by atoms with van der Waals surface area (Å²) in [6.45, 7) is 6.71. The predicted molar refractivity (Wildman–Crippen MR) is 46.9 cm³/mol. The van der Waals surface area contributed by atoms with Gasteiger partial charge in [0.25, 0.3) is 5.69 Å². The zero-order valence-electron chi connectivity index (χ0n) is 6.27. The van der Waals surface area contributed by atoms with Crippen molar-refractivity contribution in [3.8, 4) is 5.75 Å². The quantitative estimate of drug-likeness (QED) is 0.675. The van der Waals surface area contributed by atoms with Crippen LogP contribution < -0.4 is 4.74 Å². The molecule has 0 radical (unpaired) electrons. The molecule has 0 heterocycles. The Morgan fingerprint density at radius 3 is 2.67 bits per heavy atom. The summed E-state index contributed by atoms with van der Waals surface area (Å²) in [7, 11) is 1.40. The SMILES string of the molecule is [C-]#[N+]c1c(F)ccc(Br)c1OC. The van der Waals surface area contributed by atoms with E-state index >= 15 is 0 Å². The highest BCUT2D eigenvalue weighted by atomic mass is 79.9. The fourth-order valence-electron chi connectivity index (χ4n) is 0.821. The molecule has 0 saturated carbocycles. The molecule has 0 atom stereocenters. The number of hydrogen-bond acceptors (Lipinski definition) is 1. The van der Waals surface area contributed by atoms with Gasteiger partial charge in [-0.25, -0.2) is 9.24 Å². The number of benzene rings is 1. The zero-order chi connectivity index (χ0) is 9.14. The second kappa shape index (κ2) is 3.55. The van der Waals surface area contributed by atoms with Gasteiger partial charge in [-0.3, -0.25) is 0 Å². The van der Waals surface area contributed by atoms with Crippen LogP contribution in [0.15, 0.2) is 16.6 Å². The van der Waals surface area contributed by atoms with Crippen molar-refractivity contribution in [2.45, 2.75) is 0 Å². The third-order valence-electron chi connectivity index (χ3n) is 1.35. The molecule has 12 heavy (non-hydrogen) atoms. The van der Waals surface area contributed by atoms with E-state index in [4.69, 9.17) is 11.3 Å². The van der Waals surface area contributed by atoms with E-state index in [1.54, 1.807) is 0 Å². The van der Waals surface area contributed by atoms with E-state index in [0.717, 1.165) is 0 Å². The summed E-state index contributed by atoms with van der Waals surface area (Å²) in [5.41, 5.74) is -0.0909. The molecule has 0 bridgehead atoms. The minimum atomic E-state index is -0.565. The molecule has 0 saturated heterocycles. The molecule has 0 amide bonds. The number of ether oxygens (including phenoxy) is 1. The van der Waals surface area contributed by atoms with Crippen molar-refractivity contribution >= 4 is 21.6 Å². The predicted octanol–water partition coefficient (Wildman–Crippen LogP) is 3.15. The van der Waals surface area contributed by atoms with E-state index in [1.807, 2.05) is 0 Å². The van der Waals surface area contributed by atoms with Gasteiger partial charge in [-0.15, -0.1) is 0 Å². The van der Waals surface area contributed by atoms with Crippen molar-refractivity contribution < 1.29 is 9.13 Å². The molecular weight excluding hydrogens is 225 g/mol. The molecule has 0 aliphatic rings. The maximum atomic E-state index is 12.9. The lowest BCUT2D eigenvalue weighted by molar-refractivity contribution is 0.412. The third-order valence-corrected chi connectivity index (χ3v) is 1.97. The van der Waals surface area contributed by atoms with E-state index in [9.17, 15) is 4.39 Å². The minimum absolute atomic E-state index is 0.0909. The standard InChI is InChI=1S/C8H5BrFNO/c1-11-7-6(10)4-3-5(9)8(7)12-2/h3-4H,2H3. The molecule has 0 fully saturated rings. The highest BCUT2D eigenvalue weighted by Gasteiger charge is 2.12. The number of hydrogen-bond donors (Lipinski definition) is 0. The summed E-state index contributed by atoms with van der Waals surface area (Å²) in [4.78, 5) is 3.02. The maximum Gasteiger partial charge on any atom is 0.264 e. The van der Waals surface area contributed by atoms with Gasteiger partial charge in [0.1, 0.15) is 11.6 Å². The largest absolute Gasteiger partial charge is 0.506 e. The number of halogens is 2. The molecule has 0 unspecified atom stereocenters. The summed E-state index contributed by atoms with van der Waals surface area (Å²) in [5.74, 6) is -0.324. The second-order valence-corrected chi connectivity index (χ2v) is 2.88. The van der Waals surface area contributed by atoms with Gasteiger partial charge in [0, 0.05) is 4.47 Å². The first-order chi connectivity index (χ1) is 5.70. The van der Waals surface area contributed by atoms with Crippen molar-refractivity contribution in [3.63, 3.8) is 0 Å². The molecule has 0 aromatic heterocycles. The van der Waals surface area contributed by atoms with E-state index in [1.165, 1.54) is 19.2 Å². The Kier molecular flexibility index (Phi) is 2.66. The lowest BCUT2D eigenvalue weighted by Crippen LogP contribution is -1.86. The van der Waals surface area contributed by atoms with Gasteiger partial charge >= 0.3 is 0 Å². The van der Waals surface area contributed by atoms with Crippen LogP contribution in [0, 0.1) is 12.4 Å². The Bertz CT molecular complexity index is 346. The van der Waals surface area contributed by atoms with Crippen LogP contribution in [-0.2, 0) is 0 Å². The van der Waals surface area contributed by atoms with E-state index in [-0.39, 0.29) is 11.4 Å². The molecule has 0 aliphatic carbocycles. The molecule has 0 N–H and O–H groups in total. The lowest BCUT2D eigenvalue weighted by Gasteiger charge is -2.05. The number of methoxy groups -OCH3 is 1. The Morgan fingerprint density at radius 1 is 1.58 bits per heavy atom. The highest BCUT2D eigenvalue weighted by Crippen LogP contribution is 2.37. The van der Waals surface area contributed by atoms with E-state index < -0.39 is 5.82 Å². The molecule has 1 aromatic rings. The smallest absolute Gasteiger partial charge is 0.264 e. The highest BCUT2D eigenvalue weighted by molar-refractivity contribution is 9.10. The average molecular weight is 230 g/mol. The topological polar surface area (TPSA) is 13.6 Å². The Balaban J connectivity index is 3.41. The van der Waals surface area contributed by atoms with Gasteiger partial charge in [-0.2, -0.15) is 0 Å². The van der Waals surface area contributed by atoms with E-state index in [2.05, 4.69) is 20.8 Å². The van der Waals surface area contributed by atoms with Crippen LogP contribution in [0.5, 0.6) is 5.75 Å². The van der Waals surface area contributed by atoms with Gasteiger partial charge in [0.2, 0.25) is 0 Å². The fourth-order valence-corrected chi connectivity index (χ4v) is 1.30. The summed E-state index contributed by atoms with van der Waals surface area (Å²) >= 11 is 3.15. The van der Waals surface area contributed by atoms with Crippen LogP contribution in [-0.4, -0.2) is 7.11 Å². The van der Waals surface area contributed by atoms with Gasteiger partial charge in [-0.1, -0.05) is 0 Å². The molecule has 0 aliphatic heterocycles. The van der Waals surface area contributed by atoms with Crippen LogP contribution >= 0.6 is 15.9 Å². The van der Waals surface area contributed by atoms with Crippen molar-refractivity contribution in [2.75, 3.05) is 7.11 Å². The van der Waals surface area contributed by atoms with Crippen LogP contribution in [0.2, 0.25) is 0 Å². The third kappa shape index (κ3) is 1.41. The van der Waals surface area contributed by atoms with Gasteiger partial charge in [0.05, 0.1) is 13.7 Å². The van der Waals surface area contributed by atoms with Gasteiger partial charge in [-0.05, 0) is 28.1 Å². The van der Waals surface area contributed by atoms with Crippen LogP contribution in [0.4, 0.5) is 10.1 Å². The summed E-state index contributed by atoms with van der Waals surface area (Å²) < 4.78 is 18.3. The lowest BCUT2D eigenvalue weighted by atomic mass is 10.3. The first-order valence-corrected chi connectivity index (χ1v) is 3.89. The van der Waals surface area contributed by atoms with Crippen LogP contribution in [0.1, 0.15) is 0 Å². The summed E-state index contributed by atoms with van der Waals surface area (Å²) in [5, 5.41) is 0. The minimum Gasteiger partial charge on any atom is -0.506 e. The molecule has 62 valence electrons. The van der Waals surface area contributed by atoms with E-state index in [0.29, 0.717) is 4.47 Å². The van der Waals surface area contributed by atoms with Gasteiger partial charge in [0.15, 0.2) is 0 Å². The fraction of sp³-hybridized carbons (Fsp3) is 0.125. The van der Waals surface area contributed by atoms with Crippen LogP contribution in [0.25, 0.3) is 4.85 Å². The van der Waals surface area contributed by atoms with Crippen molar-refractivity contribution in [1.29, 1.82) is 0 Å². The Hall–Kier alpha value is -1.08. The molecule has 1 aromatic carbocycles. The first kappa shape index (κ1) is 9.01.